The number of hydrogen-bond donors (Lipinski definition) is 3. The van der Waals surface area contributed by atoms with Crippen LogP contribution in [0.15, 0.2) is 18.2 Å². The summed E-state index contributed by atoms with van der Waals surface area (Å²) in [6, 6.07) is 5.27. The minimum Gasteiger partial charge on any atom is -0.398 e. The van der Waals surface area contributed by atoms with Gasteiger partial charge in [-0.2, -0.15) is 0 Å². The smallest absolute Gasteiger partial charge is 0.253 e. The summed E-state index contributed by atoms with van der Waals surface area (Å²) in [6.45, 7) is 7.94. The summed E-state index contributed by atoms with van der Waals surface area (Å²) in [7, 11) is 0. The van der Waals surface area contributed by atoms with Crippen LogP contribution in [-0.4, -0.2) is 23.9 Å². The lowest BCUT2D eigenvalue weighted by molar-refractivity contribution is -0.122. The van der Waals surface area contributed by atoms with Gasteiger partial charge in [-0.3, -0.25) is 9.59 Å². The number of hydrogen-bond acceptors (Lipinski definition) is 3. The lowest BCUT2D eigenvalue weighted by Gasteiger charge is -2.20. The first-order valence-corrected chi connectivity index (χ1v) is 6.64. The predicted molar refractivity (Wildman–Crippen MR) is 80.4 cm³/mol. The molecular weight excluding hydrogens is 254 g/mol. The highest BCUT2D eigenvalue weighted by molar-refractivity contribution is 5.99. The fraction of sp³-hybridized carbons (Fsp3) is 0.467. The van der Waals surface area contributed by atoms with Crippen LogP contribution in [0, 0.1) is 6.92 Å². The molecule has 110 valence electrons. The van der Waals surface area contributed by atoms with E-state index in [0.717, 1.165) is 5.56 Å². The molecule has 0 saturated heterocycles. The lowest BCUT2D eigenvalue weighted by Crippen LogP contribution is -2.42. The second-order valence-corrected chi connectivity index (χ2v) is 5.89. The maximum absolute atomic E-state index is 11.9. The van der Waals surface area contributed by atoms with Crippen molar-refractivity contribution in [1.82, 2.24) is 10.6 Å². The Labute approximate surface area is 119 Å². The number of amides is 2. The molecule has 0 spiro atoms. The first-order valence-electron chi connectivity index (χ1n) is 6.64. The summed E-state index contributed by atoms with van der Waals surface area (Å²) in [5.41, 5.74) is 7.42. The quantitative estimate of drug-likeness (QED) is 0.731. The monoisotopic (exact) mass is 277 g/mol. The lowest BCUT2D eigenvalue weighted by atomic mass is 10.1. The third-order valence-corrected chi connectivity index (χ3v) is 2.60. The van der Waals surface area contributed by atoms with Crippen LogP contribution in [0.1, 0.15) is 43.1 Å². The van der Waals surface area contributed by atoms with E-state index in [0.29, 0.717) is 11.3 Å². The summed E-state index contributed by atoms with van der Waals surface area (Å²) in [5.74, 6) is -0.347. The molecule has 4 N–H and O–H groups in total. The minimum atomic E-state index is -0.261. The molecule has 5 nitrogen and oxygen atoms in total. The summed E-state index contributed by atoms with van der Waals surface area (Å²) >= 11 is 0. The predicted octanol–water partition coefficient (Wildman–Crippen LogP) is 1.61. The number of carbonyl (C=O) groups is 2. The maximum Gasteiger partial charge on any atom is 0.253 e. The molecule has 0 aliphatic heterocycles. The van der Waals surface area contributed by atoms with Gasteiger partial charge in [0.2, 0.25) is 5.91 Å². The minimum absolute atomic E-state index is 0.0883. The zero-order valence-corrected chi connectivity index (χ0v) is 12.5. The van der Waals surface area contributed by atoms with Crippen molar-refractivity contribution in [3.05, 3.63) is 29.3 Å². The van der Waals surface area contributed by atoms with Crippen LogP contribution >= 0.6 is 0 Å². The van der Waals surface area contributed by atoms with Crippen molar-refractivity contribution in [1.29, 1.82) is 0 Å². The Bertz CT molecular complexity index is 504. The molecule has 1 aromatic carbocycles. The number of benzene rings is 1. The Morgan fingerprint density at radius 1 is 1.25 bits per heavy atom. The van der Waals surface area contributed by atoms with Crippen molar-refractivity contribution in [2.24, 2.45) is 0 Å². The highest BCUT2D eigenvalue weighted by atomic mass is 16.2. The van der Waals surface area contributed by atoms with Crippen molar-refractivity contribution < 1.29 is 9.59 Å². The molecule has 0 aliphatic carbocycles. The maximum atomic E-state index is 11.9. The molecule has 0 aromatic heterocycles. The second-order valence-electron chi connectivity index (χ2n) is 5.89. The standard InChI is InChI=1S/C15H23N3O2/c1-10-5-6-11(12(16)9-10)14(20)17-8-7-13(19)18-15(2,3)4/h5-6,9H,7-8,16H2,1-4H3,(H,17,20)(H,18,19). The van der Waals surface area contributed by atoms with Gasteiger partial charge in [0.15, 0.2) is 0 Å². The molecule has 0 heterocycles. The van der Waals surface area contributed by atoms with Crippen LogP contribution in [0.5, 0.6) is 0 Å². The number of nitrogen functional groups attached to an aromatic ring is 1. The van der Waals surface area contributed by atoms with E-state index in [1.165, 1.54) is 0 Å². The largest absolute Gasteiger partial charge is 0.398 e. The van der Waals surface area contributed by atoms with E-state index in [-0.39, 0.29) is 30.3 Å². The van der Waals surface area contributed by atoms with E-state index in [4.69, 9.17) is 5.73 Å². The van der Waals surface area contributed by atoms with E-state index < -0.39 is 0 Å². The van der Waals surface area contributed by atoms with Crippen LogP contribution in [-0.2, 0) is 4.79 Å². The molecule has 0 fully saturated rings. The molecule has 5 heteroatoms. The highest BCUT2D eigenvalue weighted by Gasteiger charge is 2.14. The molecule has 0 saturated carbocycles. The zero-order valence-electron chi connectivity index (χ0n) is 12.5. The average Bonchev–Trinajstić information content (AvgIpc) is 2.25. The van der Waals surface area contributed by atoms with Crippen molar-refractivity contribution in [2.75, 3.05) is 12.3 Å². The van der Waals surface area contributed by atoms with Crippen LogP contribution in [0.3, 0.4) is 0 Å². The Kier molecular flexibility index (Phi) is 5.13. The summed E-state index contributed by atoms with van der Waals surface area (Å²) < 4.78 is 0. The van der Waals surface area contributed by atoms with Gasteiger partial charge < -0.3 is 16.4 Å². The van der Waals surface area contributed by atoms with Crippen LogP contribution in [0.4, 0.5) is 5.69 Å². The Morgan fingerprint density at radius 3 is 2.45 bits per heavy atom. The molecule has 2 amide bonds. The van der Waals surface area contributed by atoms with Crippen molar-refractivity contribution in [2.45, 2.75) is 39.7 Å². The zero-order chi connectivity index (χ0) is 15.3. The van der Waals surface area contributed by atoms with Crippen LogP contribution in [0.2, 0.25) is 0 Å². The summed E-state index contributed by atoms with van der Waals surface area (Å²) in [6.07, 6.45) is 0.245. The van der Waals surface area contributed by atoms with E-state index in [9.17, 15) is 9.59 Å². The molecule has 0 atom stereocenters. The van der Waals surface area contributed by atoms with E-state index >= 15 is 0 Å². The van der Waals surface area contributed by atoms with Gasteiger partial charge >= 0.3 is 0 Å². The number of carbonyl (C=O) groups excluding carboxylic acids is 2. The number of nitrogens with one attached hydrogen (secondary N) is 2. The van der Waals surface area contributed by atoms with Crippen molar-refractivity contribution in [3.8, 4) is 0 Å². The highest BCUT2D eigenvalue weighted by Crippen LogP contribution is 2.13. The second kappa shape index (κ2) is 6.41. The van der Waals surface area contributed by atoms with E-state index in [1.54, 1.807) is 12.1 Å². The number of anilines is 1. The Balaban J connectivity index is 2.46. The van der Waals surface area contributed by atoms with E-state index in [2.05, 4.69) is 10.6 Å². The van der Waals surface area contributed by atoms with Gasteiger partial charge in [-0.15, -0.1) is 0 Å². The van der Waals surface area contributed by atoms with Gasteiger partial charge in [-0.05, 0) is 45.4 Å². The molecule has 0 aliphatic rings. The number of rotatable bonds is 4. The van der Waals surface area contributed by atoms with Crippen LogP contribution < -0.4 is 16.4 Å². The average molecular weight is 277 g/mol. The molecule has 1 rings (SSSR count). The van der Waals surface area contributed by atoms with Crippen molar-refractivity contribution >= 4 is 17.5 Å². The van der Waals surface area contributed by atoms with Crippen LogP contribution in [0.25, 0.3) is 0 Å². The summed E-state index contributed by atoms with van der Waals surface area (Å²) in [5, 5.41) is 5.53. The molecule has 1 aromatic rings. The molecule has 0 unspecified atom stereocenters. The SMILES string of the molecule is Cc1ccc(C(=O)NCCC(=O)NC(C)(C)C)c(N)c1. The third-order valence-electron chi connectivity index (χ3n) is 2.60. The fourth-order valence-corrected chi connectivity index (χ4v) is 1.75. The van der Waals surface area contributed by atoms with Gasteiger partial charge in [-0.1, -0.05) is 6.07 Å². The number of nitrogens with two attached hydrogens (primary N) is 1. The third kappa shape index (κ3) is 5.30. The van der Waals surface area contributed by atoms with Gasteiger partial charge in [0.25, 0.3) is 5.91 Å². The normalized spacial score (nSPS) is 11.0. The van der Waals surface area contributed by atoms with Gasteiger partial charge in [0.1, 0.15) is 0 Å². The summed E-state index contributed by atoms with van der Waals surface area (Å²) in [4.78, 5) is 23.5. The van der Waals surface area contributed by atoms with Gasteiger partial charge in [0.05, 0.1) is 5.56 Å². The first-order chi connectivity index (χ1) is 9.19. The fourth-order valence-electron chi connectivity index (χ4n) is 1.75. The Hall–Kier alpha value is -2.04. The Morgan fingerprint density at radius 2 is 1.90 bits per heavy atom. The van der Waals surface area contributed by atoms with Gasteiger partial charge in [-0.25, -0.2) is 0 Å². The molecule has 0 radical (unpaired) electrons. The van der Waals surface area contributed by atoms with Gasteiger partial charge in [0, 0.05) is 24.2 Å². The van der Waals surface area contributed by atoms with E-state index in [1.807, 2.05) is 33.8 Å². The molecule has 0 bridgehead atoms. The topological polar surface area (TPSA) is 84.2 Å². The molecular formula is C15H23N3O2. The molecule has 20 heavy (non-hydrogen) atoms. The first kappa shape index (κ1) is 16.0. The van der Waals surface area contributed by atoms with Crippen molar-refractivity contribution in [3.63, 3.8) is 0 Å². The number of aryl methyl sites for hydroxylation is 1.